The van der Waals surface area contributed by atoms with Gasteiger partial charge in [0, 0.05) is 36.7 Å². The number of likely N-dealkylation sites (tertiary alicyclic amines) is 1. The number of hydrogen-bond donors (Lipinski definition) is 1. The van der Waals surface area contributed by atoms with E-state index in [0.29, 0.717) is 32.4 Å². The maximum Gasteiger partial charge on any atom is 0.150 e. The van der Waals surface area contributed by atoms with Crippen LogP contribution in [-0.2, 0) is 33.0 Å². The fourth-order valence-corrected chi connectivity index (χ4v) is 8.22. The first-order chi connectivity index (χ1) is 14.6. The highest BCUT2D eigenvalue weighted by Gasteiger charge is 2.46. The zero-order valence-electron chi connectivity index (χ0n) is 19.3. The second-order valence-corrected chi connectivity index (χ2v) is 12.7. The summed E-state index contributed by atoms with van der Waals surface area (Å²) < 4.78 is 43.3. The van der Waals surface area contributed by atoms with Gasteiger partial charge in [-0.3, -0.25) is 4.90 Å². The summed E-state index contributed by atoms with van der Waals surface area (Å²) in [5.41, 5.74) is 0.0919. The third-order valence-corrected chi connectivity index (χ3v) is 9.85. The van der Waals surface area contributed by atoms with E-state index in [1.807, 2.05) is 13.8 Å². The fraction of sp³-hybridized carbons (Fsp3) is 0.826. The molecule has 0 aromatic carbocycles. The van der Waals surface area contributed by atoms with Gasteiger partial charge >= 0.3 is 0 Å². The van der Waals surface area contributed by atoms with Crippen molar-refractivity contribution in [3.63, 3.8) is 0 Å². The van der Waals surface area contributed by atoms with Crippen LogP contribution in [0.5, 0.6) is 0 Å². The van der Waals surface area contributed by atoms with Gasteiger partial charge in [0.15, 0.2) is 9.84 Å². The predicted molar refractivity (Wildman–Crippen MR) is 126 cm³/mol. The largest absolute Gasteiger partial charge is 0.388 e. The van der Waals surface area contributed by atoms with Crippen LogP contribution >= 0.6 is 11.3 Å². The average Bonchev–Trinajstić information content (AvgIpc) is 3.12. The molecule has 1 spiro atoms. The highest BCUT2D eigenvalue weighted by Crippen LogP contribution is 2.47. The summed E-state index contributed by atoms with van der Waals surface area (Å²) in [5.74, 6) is 0.153. The molecule has 4 rings (SSSR count). The molecule has 180 valence electrons. The first-order valence-corrected chi connectivity index (χ1v) is 14.3. The van der Waals surface area contributed by atoms with Gasteiger partial charge in [0.1, 0.15) is 11.8 Å². The molecule has 1 aromatic rings. The summed E-state index contributed by atoms with van der Waals surface area (Å²) in [6.07, 6.45) is 2.85. The lowest BCUT2D eigenvalue weighted by molar-refractivity contribution is -0.120. The molecular formula is C23H40FNO4S2. The summed E-state index contributed by atoms with van der Waals surface area (Å²) >= 11 is 1.71. The molecule has 3 atom stereocenters. The van der Waals surface area contributed by atoms with Crippen LogP contribution < -0.4 is 0 Å². The van der Waals surface area contributed by atoms with E-state index in [1.54, 1.807) is 18.3 Å². The summed E-state index contributed by atoms with van der Waals surface area (Å²) in [7, 11) is -2.99. The Bertz CT molecular complexity index is 846. The molecule has 3 aliphatic rings. The Balaban J connectivity index is 0.00000118. The van der Waals surface area contributed by atoms with Crippen LogP contribution in [0.15, 0.2) is 6.07 Å². The van der Waals surface area contributed by atoms with Gasteiger partial charge in [0.2, 0.25) is 0 Å². The molecule has 0 saturated carbocycles. The lowest BCUT2D eigenvalue weighted by Crippen LogP contribution is -2.56. The van der Waals surface area contributed by atoms with E-state index in [-0.39, 0.29) is 24.6 Å². The molecule has 0 amide bonds. The second kappa shape index (κ2) is 9.75. The Morgan fingerprint density at radius 1 is 1.35 bits per heavy atom. The quantitative estimate of drug-likeness (QED) is 0.707. The van der Waals surface area contributed by atoms with Crippen molar-refractivity contribution in [2.24, 2.45) is 0 Å². The van der Waals surface area contributed by atoms with Crippen LogP contribution in [0.25, 0.3) is 0 Å². The number of thiophene rings is 1. The lowest BCUT2D eigenvalue weighted by Gasteiger charge is -2.49. The molecule has 0 bridgehead atoms. The second-order valence-electron chi connectivity index (χ2n) is 9.29. The Kier molecular flexibility index (Phi) is 7.89. The molecule has 1 N–H and O–H groups in total. The van der Waals surface area contributed by atoms with Gasteiger partial charge in [-0.25, -0.2) is 12.8 Å². The first kappa shape index (κ1) is 25.1. The van der Waals surface area contributed by atoms with E-state index in [4.69, 9.17) is 4.74 Å². The maximum atomic E-state index is 13.5. The first-order valence-electron chi connectivity index (χ1n) is 11.7. The minimum absolute atomic E-state index is 0. The SMILES string of the molecule is CC.CC(F)Cc1cc2c(s1)C1(CCN(CC3(O)CCS(=O)(=O)CC3)[C@@H](C)C1)OCC2.[HH]. The Labute approximate surface area is 192 Å². The number of hydrogen-bond acceptors (Lipinski definition) is 6. The summed E-state index contributed by atoms with van der Waals surface area (Å²) in [6, 6.07) is 2.39. The molecule has 0 radical (unpaired) electrons. The van der Waals surface area contributed by atoms with Crippen LogP contribution in [0.2, 0.25) is 0 Å². The molecule has 5 nitrogen and oxygen atoms in total. The van der Waals surface area contributed by atoms with Crippen molar-refractivity contribution in [1.29, 1.82) is 0 Å². The lowest BCUT2D eigenvalue weighted by atomic mass is 9.81. The standard InChI is InChI=1S/C21H32FNO4S2.C2H6.H2/c1-15(22)11-18-12-17-3-8-27-21(19(17)28-18)4-7-23(16(2)13-21)14-20(24)5-9-29(25,26)10-6-20;1-2;/h12,15-16,24H,3-11,13-14H2,1-2H3;1-2H3;1H/t15?,16-,21?;;/m0../s1. The molecule has 1 aromatic heterocycles. The number of aliphatic hydroxyl groups is 1. The number of β-amino-alcohol motifs (C(OH)–C–C–N with tert-alkyl or cyclic N) is 1. The normalized spacial score (nSPS) is 30.8. The smallest absolute Gasteiger partial charge is 0.150 e. The van der Waals surface area contributed by atoms with Gasteiger partial charge in [0.05, 0.1) is 23.7 Å². The molecule has 8 heteroatoms. The highest BCUT2D eigenvalue weighted by atomic mass is 32.2. The van der Waals surface area contributed by atoms with Gasteiger partial charge in [-0.05, 0) is 57.6 Å². The monoisotopic (exact) mass is 477 g/mol. The van der Waals surface area contributed by atoms with E-state index in [2.05, 4.69) is 17.9 Å². The predicted octanol–water partition coefficient (Wildman–Crippen LogP) is 4.11. The van der Waals surface area contributed by atoms with Crippen molar-refractivity contribution in [2.45, 2.75) is 89.6 Å². The van der Waals surface area contributed by atoms with Crippen LogP contribution in [0, 0.1) is 0 Å². The summed E-state index contributed by atoms with van der Waals surface area (Å²) in [5, 5.41) is 10.9. The van der Waals surface area contributed by atoms with E-state index in [0.717, 1.165) is 30.7 Å². The van der Waals surface area contributed by atoms with Gasteiger partial charge in [-0.1, -0.05) is 13.8 Å². The van der Waals surface area contributed by atoms with Crippen molar-refractivity contribution in [2.75, 3.05) is 31.2 Å². The molecule has 4 heterocycles. The van der Waals surface area contributed by atoms with E-state index >= 15 is 0 Å². The minimum Gasteiger partial charge on any atom is -0.388 e. The third kappa shape index (κ3) is 5.69. The number of alkyl halides is 1. The van der Waals surface area contributed by atoms with Gasteiger partial charge in [0.25, 0.3) is 0 Å². The number of nitrogens with zero attached hydrogens (tertiary/aromatic N) is 1. The summed E-state index contributed by atoms with van der Waals surface area (Å²) in [4.78, 5) is 4.66. The Morgan fingerprint density at radius 2 is 2.03 bits per heavy atom. The molecule has 2 unspecified atom stereocenters. The molecule has 3 aliphatic heterocycles. The van der Waals surface area contributed by atoms with E-state index in [1.165, 1.54) is 10.4 Å². The number of sulfone groups is 1. The van der Waals surface area contributed by atoms with E-state index in [9.17, 15) is 17.9 Å². The molecule has 2 fully saturated rings. The number of rotatable bonds is 4. The van der Waals surface area contributed by atoms with Crippen molar-refractivity contribution in [1.82, 2.24) is 4.90 Å². The van der Waals surface area contributed by atoms with Crippen LogP contribution in [0.1, 0.15) is 70.1 Å². The summed E-state index contributed by atoms with van der Waals surface area (Å²) in [6.45, 7) is 9.79. The fourth-order valence-electron chi connectivity index (χ4n) is 5.14. The van der Waals surface area contributed by atoms with Gasteiger partial charge in [-0.15, -0.1) is 11.3 Å². The molecule has 31 heavy (non-hydrogen) atoms. The van der Waals surface area contributed by atoms with Crippen LogP contribution in [0.4, 0.5) is 4.39 Å². The van der Waals surface area contributed by atoms with Gasteiger partial charge < -0.3 is 9.84 Å². The van der Waals surface area contributed by atoms with Crippen molar-refractivity contribution in [3.05, 3.63) is 21.4 Å². The van der Waals surface area contributed by atoms with Crippen molar-refractivity contribution < 1.29 is 24.1 Å². The van der Waals surface area contributed by atoms with Crippen molar-refractivity contribution in [3.8, 4) is 0 Å². The molecule has 2 saturated heterocycles. The maximum absolute atomic E-state index is 13.5. The topological polar surface area (TPSA) is 66.8 Å². The van der Waals surface area contributed by atoms with Gasteiger partial charge in [-0.2, -0.15) is 0 Å². The molecule has 0 aliphatic carbocycles. The third-order valence-electron chi connectivity index (χ3n) is 6.81. The minimum atomic E-state index is -2.99. The Hall–Kier alpha value is -0.540. The highest BCUT2D eigenvalue weighted by molar-refractivity contribution is 7.91. The number of piperidine rings is 1. The van der Waals surface area contributed by atoms with Crippen LogP contribution in [-0.4, -0.2) is 67.4 Å². The molecular weight excluding hydrogens is 437 g/mol. The number of ether oxygens (including phenoxy) is 1. The van der Waals surface area contributed by atoms with Crippen LogP contribution in [0.3, 0.4) is 0 Å². The number of halogens is 1. The number of fused-ring (bicyclic) bond motifs is 2. The van der Waals surface area contributed by atoms with E-state index < -0.39 is 21.6 Å². The van der Waals surface area contributed by atoms with Crippen molar-refractivity contribution >= 4 is 21.2 Å². The zero-order valence-corrected chi connectivity index (χ0v) is 21.0. The average molecular weight is 478 g/mol. The Morgan fingerprint density at radius 3 is 2.65 bits per heavy atom. The zero-order chi connectivity index (χ0) is 22.9.